The summed E-state index contributed by atoms with van der Waals surface area (Å²) in [6, 6.07) is 0. The summed E-state index contributed by atoms with van der Waals surface area (Å²) in [5.74, 6) is 4.76. The zero-order chi connectivity index (χ0) is 17.6. The molecule has 6 aliphatic rings. The SMILES string of the molecule is CC(C)C1(C23CC4CC(CC(C4)C2)C3)CC(C(C)(C)C)C2=C1C=CC2. The van der Waals surface area contributed by atoms with Gasteiger partial charge < -0.3 is 0 Å². The monoisotopic (exact) mass is 338 g/mol. The van der Waals surface area contributed by atoms with E-state index in [1.807, 2.05) is 11.1 Å². The van der Waals surface area contributed by atoms with Gasteiger partial charge in [-0.15, -0.1) is 0 Å². The summed E-state index contributed by atoms with van der Waals surface area (Å²) in [7, 11) is 0. The van der Waals surface area contributed by atoms with E-state index in [-0.39, 0.29) is 0 Å². The molecule has 0 heterocycles. The highest BCUT2D eigenvalue weighted by Crippen LogP contribution is 2.74. The molecule has 2 unspecified atom stereocenters. The lowest BCUT2D eigenvalue weighted by atomic mass is 9.39. The Labute approximate surface area is 155 Å². The topological polar surface area (TPSA) is 0 Å². The van der Waals surface area contributed by atoms with E-state index in [2.05, 4.69) is 46.8 Å². The maximum atomic E-state index is 2.60. The maximum absolute atomic E-state index is 2.60. The van der Waals surface area contributed by atoms with E-state index < -0.39 is 0 Å². The summed E-state index contributed by atoms with van der Waals surface area (Å²) in [5, 5.41) is 0. The molecule has 0 heteroatoms. The first-order valence-corrected chi connectivity index (χ1v) is 11.2. The Kier molecular flexibility index (Phi) is 3.36. The van der Waals surface area contributed by atoms with E-state index in [0.717, 1.165) is 29.6 Å². The molecule has 25 heavy (non-hydrogen) atoms. The maximum Gasteiger partial charge on any atom is 0.00382 e. The third kappa shape index (κ3) is 2.06. The van der Waals surface area contributed by atoms with Crippen LogP contribution in [-0.2, 0) is 0 Å². The molecule has 2 atom stereocenters. The summed E-state index contributed by atoms with van der Waals surface area (Å²) in [4.78, 5) is 0. The number of rotatable bonds is 2. The van der Waals surface area contributed by atoms with Crippen molar-refractivity contribution in [3.8, 4) is 0 Å². The van der Waals surface area contributed by atoms with Gasteiger partial charge in [0.1, 0.15) is 0 Å². The molecule has 0 aromatic heterocycles. The number of hydrogen-bond acceptors (Lipinski definition) is 0. The van der Waals surface area contributed by atoms with Crippen molar-refractivity contribution in [2.75, 3.05) is 0 Å². The van der Waals surface area contributed by atoms with Crippen LogP contribution >= 0.6 is 0 Å². The molecule has 0 aromatic carbocycles. The van der Waals surface area contributed by atoms with E-state index in [4.69, 9.17) is 0 Å². The van der Waals surface area contributed by atoms with Crippen molar-refractivity contribution in [1.29, 1.82) is 0 Å². The van der Waals surface area contributed by atoms with Crippen molar-refractivity contribution >= 4 is 0 Å². The Morgan fingerprint density at radius 3 is 1.96 bits per heavy atom. The smallest absolute Gasteiger partial charge is 0.00382 e. The molecule has 0 radical (unpaired) electrons. The van der Waals surface area contributed by atoms with Crippen LogP contribution < -0.4 is 0 Å². The van der Waals surface area contributed by atoms with Crippen LogP contribution in [0.2, 0.25) is 0 Å². The number of hydrogen-bond donors (Lipinski definition) is 0. The predicted molar refractivity (Wildman–Crippen MR) is 106 cm³/mol. The van der Waals surface area contributed by atoms with Gasteiger partial charge in [-0.05, 0) is 97.4 Å². The fourth-order valence-corrected chi connectivity index (χ4v) is 8.99. The van der Waals surface area contributed by atoms with E-state index in [0.29, 0.717) is 16.2 Å². The van der Waals surface area contributed by atoms with Gasteiger partial charge in [-0.25, -0.2) is 0 Å². The van der Waals surface area contributed by atoms with Gasteiger partial charge in [0, 0.05) is 5.41 Å². The molecule has 4 fully saturated rings. The van der Waals surface area contributed by atoms with Gasteiger partial charge in [-0.2, -0.15) is 0 Å². The molecule has 0 spiro atoms. The molecule has 0 aliphatic heterocycles. The lowest BCUT2D eigenvalue weighted by molar-refractivity contribution is -0.137. The van der Waals surface area contributed by atoms with Crippen LogP contribution in [-0.4, -0.2) is 0 Å². The van der Waals surface area contributed by atoms with Crippen LogP contribution in [0.15, 0.2) is 23.3 Å². The van der Waals surface area contributed by atoms with Crippen LogP contribution in [0.4, 0.5) is 0 Å². The normalized spacial score (nSPS) is 48.1. The van der Waals surface area contributed by atoms with Crippen molar-refractivity contribution < 1.29 is 0 Å². The van der Waals surface area contributed by atoms with Gasteiger partial charge in [-0.1, -0.05) is 52.3 Å². The summed E-state index contributed by atoms with van der Waals surface area (Å²) < 4.78 is 0. The van der Waals surface area contributed by atoms with Gasteiger partial charge >= 0.3 is 0 Å². The molecule has 4 saturated carbocycles. The van der Waals surface area contributed by atoms with E-state index in [1.165, 1.54) is 12.8 Å². The molecule has 0 saturated heterocycles. The lowest BCUT2D eigenvalue weighted by Crippen LogP contribution is -2.56. The second kappa shape index (κ2) is 5.05. The lowest BCUT2D eigenvalue weighted by Gasteiger charge is -2.65. The zero-order valence-corrected chi connectivity index (χ0v) is 17.2. The molecule has 0 nitrogen and oxygen atoms in total. The minimum absolute atomic E-state index is 0.408. The Balaban J connectivity index is 1.65. The van der Waals surface area contributed by atoms with Crippen molar-refractivity contribution in [3.63, 3.8) is 0 Å². The first-order chi connectivity index (χ1) is 11.8. The minimum atomic E-state index is 0.408. The second-order valence-electron chi connectivity index (χ2n) is 12.0. The highest BCUT2D eigenvalue weighted by molar-refractivity contribution is 5.48. The highest BCUT2D eigenvalue weighted by atomic mass is 14.7. The standard InChI is InChI=1S/C25H38/c1-16(2)25(15-22(23(3,4)5)20-7-6-8-21(20)25)24-12-17-9-18(13-24)11-19(10-17)14-24/h6,8,16-19,22H,7,9-15H2,1-5H3. The van der Waals surface area contributed by atoms with Crippen LogP contribution in [0, 0.1) is 45.8 Å². The molecular formula is C25H38. The van der Waals surface area contributed by atoms with E-state index in [1.54, 1.807) is 38.5 Å². The van der Waals surface area contributed by atoms with Gasteiger partial charge in [0.25, 0.3) is 0 Å². The average Bonchev–Trinajstić information content (AvgIpc) is 3.04. The first kappa shape index (κ1) is 16.6. The van der Waals surface area contributed by atoms with E-state index >= 15 is 0 Å². The van der Waals surface area contributed by atoms with Crippen LogP contribution in [0.1, 0.15) is 86.0 Å². The van der Waals surface area contributed by atoms with Crippen molar-refractivity contribution in [1.82, 2.24) is 0 Å². The van der Waals surface area contributed by atoms with Crippen LogP contribution in [0.25, 0.3) is 0 Å². The zero-order valence-electron chi connectivity index (χ0n) is 17.2. The minimum Gasteiger partial charge on any atom is -0.0801 e. The summed E-state index contributed by atoms with van der Waals surface area (Å²) in [6.45, 7) is 12.6. The molecule has 4 bridgehead atoms. The quantitative estimate of drug-likeness (QED) is 0.500. The molecule has 0 N–H and O–H groups in total. The Hall–Kier alpha value is -0.520. The Morgan fingerprint density at radius 2 is 1.48 bits per heavy atom. The molecule has 6 aliphatic carbocycles. The van der Waals surface area contributed by atoms with Crippen molar-refractivity contribution in [2.45, 2.75) is 86.0 Å². The molecule has 6 rings (SSSR count). The highest BCUT2D eigenvalue weighted by Gasteiger charge is 2.65. The number of allylic oxidation sites excluding steroid dienone is 4. The fraction of sp³-hybridized carbons (Fsp3) is 0.840. The van der Waals surface area contributed by atoms with Crippen molar-refractivity contribution in [2.24, 2.45) is 45.8 Å². The Morgan fingerprint density at radius 1 is 0.920 bits per heavy atom. The summed E-state index contributed by atoms with van der Waals surface area (Å²) >= 11 is 0. The third-order valence-electron chi connectivity index (χ3n) is 9.41. The predicted octanol–water partition coefficient (Wildman–Crippen LogP) is 7.17. The van der Waals surface area contributed by atoms with Crippen LogP contribution in [0.5, 0.6) is 0 Å². The summed E-state index contributed by atoms with van der Waals surface area (Å²) in [6.07, 6.45) is 17.2. The van der Waals surface area contributed by atoms with Gasteiger partial charge in [0.15, 0.2) is 0 Å². The molecule has 0 amide bonds. The average molecular weight is 339 g/mol. The van der Waals surface area contributed by atoms with Crippen molar-refractivity contribution in [3.05, 3.63) is 23.3 Å². The first-order valence-electron chi connectivity index (χ1n) is 11.2. The van der Waals surface area contributed by atoms with Gasteiger partial charge in [0.05, 0.1) is 0 Å². The largest absolute Gasteiger partial charge is 0.0801 e. The molecule has 0 aromatic rings. The molecule has 138 valence electrons. The third-order valence-corrected chi connectivity index (χ3v) is 9.41. The summed E-state index contributed by atoms with van der Waals surface area (Å²) in [5.41, 5.74) is 5.20. The Bertz CT molecular complexity index is 602. The molecular weight excluding hydrogens is 300 g/mol. The van der Waals surface area contributed by atoms with Gasteiger partial charge in [-0.3, -0.25) is 0 Å². The van der Waals surface area contributed by atoms with Crippen LogP contribution in [0.3, 0.4) is 0 Å². The van der Waals surface area contributed by atoms with Gasteiger partial charge in [0.2, 0.25) is 0 Å². The fourth-order valence-electron chi connectivity index (χ4n) is 8.99. The van der Waals surface area contributed by atoms with E-state index in [9.17, 15) is 0 Å². The second-order valence-corrected chi connectivity index (χ2v) is 12.0.